The summed E-state index contributed by atoms with van der Waals surface area (Å²) in [5, 5.41) is 10.7. The Morgan fingerprint density at radius 1 is 1.39 bits per heavy atom. The minimum Gasteiger partial charge on any atom is -0.389 e. The van der Waals surface area contributed by atoms with E-state index >= 15 is 0 Å². The number of aromatic nitrogens is 2. The first kappa shape index (κ1) is 12.4. The van der Waals surface area contributed by atoms with E-state index in [1.165, 1.54) is 12.3 Å². The summed E-state index contributed by atoms with van der Waals surface area (Å²) in [6, 6.07) is 6.41. The summed E-state index contributed by atoms with van der Waals surface area (Å²) in [5.74, 6) is 0.125. The third-order valence-electron chi connectivity index (χ3n) is 2.51. The lowest BCUT2D eigenvalue weighted by molar-refractivity contribution is 0.619. The predicted molar refractivity (Wildman–Crippen MR) is 72.3 cm³/mol. The molecule has 4 nitrogen and oxygen atoms in total. The van der Waals surface area contributed by atoms with Crippen LogP contribution in [0, 0.1) is 12.7 Å². The Balaban J connectivity index is 2.40. The minimum atomic E-state index is -0.291. The summed E-state index contributed by atoms with van der Waals surface area (Å²) in [5.41, 5.74) is 7.26. The van der Waals surface area contributed by atoms with E-state index in [4.69, 9.17) is 18.0 Å². The lowest BCUT2D eigenvalue weighted by Gasteiger charge is -2.11. The van der Waals surface area contributed by atoms with E-state index in [2.05, 4.69) is 15.5 Å². The zero-order chi connectivity index (χ0) is 13.1. The zero-order valence-electron chi connectivity index (χ0n) is 9.64. The van der Waals surface area contributed by atoms with E-state index in [0.717, 1.165) is 0 Å². The fourth-order valence-electron chi connectivity index (χ4n) is 1.49. The van der Waals surface area contributed by atoms with E-state index in [1.807, 2.05) is 0 Å². The van der Waals surface area contributed by atoms with Crippen molar-refractivity contribution in [2.24, 2.45) is 5.73 Å². The molecule has 6 heteroatoms. The number of anilines is 2. The zero-order valence-corrected chi connectivity index (χ0v) is 10.5. The van der Waals surface area contributed by atoms with Crippen LogP contribution in [0.3, 0.4) is 0 Å². The first-order valence-corrected chi connectivity index (χ1v) is 5.64. The summed E-state index contributed by atoms with van der Waals surface area (Å²) in [6.45, 7) is 1.68. The lowest BCUT2D eigenvalue weighted by atomic mass is 10.2. The average Bonchev–Trinajstić information content (AvgIpc) is 2.35. The standard InChI is InChI=1S/C12H11FN4S/c1-7-9(13)3-2-4-10(7)16-12-8(11(14)18)5-6-15-17-12/h2-6H,1H3,(H2,14,18)(H,16,17). The van der Waals surface area contributed by atoms with Gasteiger partial charge in [0.15, 0.2) is 5.82 Å². The van der Waals surface area contributed by atoms with Crippen molar-refractivity contribution in [3.8, 4) is 0 Å². The smallest absolute Gasteiger partial charge is 0.163 e. The summed E-state index contributed by atoms with van der Waals surface area (Å²) in [4.78, 5) is 0.210. The van der Waals surface area contributed by atoms with Gasteiger partial charge in [-0.2, -0.15) is 5.10 Å². The van der Waals surface area contributed by atoms with Gasteiger partial charge in [-0.05, 0) is 25.1 Å². The molecule has 0 saturated carbocycles. The molecule has 2 aromatic rings. The van der Waals surface area contributed by atoms with Crippen LogP contribution in [0.1, 0.15) is 11.1 Å². The van der Waals surface area contributed by atoms with Crippen LogP contribution in [0.25, 0.3) is 0 Å². The molecule has 1 aromatic heterocycles. The quantitative estimate of drug-likeness (QED) is 0.831. The number of benzene rings is 1. The molecule has 0 fully saturated rings. The Morgan fingerprint density at radius 3 is 2.89 bits per heavy atom. The number of nitrogens with one attached hydrogen (secondary N) is 1. The molecule has 1 heterocycles. The molecular weight excluding hydrogens is 251 g/mol. The van der Waals surface area contributed by atoms with Gasteiger partial charge in [0.1, 0.15) is 10.8 Å². The molecule has 2 rings (SSSR count). The van der Waals surface area contributed by atoms with Crippen molar-refractivity contribution >= 4 is 28.7 Å². The molecule has 0 spiro atoms. The number of nitrogens with zero attached hydrogens (tertiary/aromatic N) is 2. The second-order valence-electron chi connectivity index (χ2n) is 3.70. The van der Waals surface area contributed by atoms with Crippen molar-refractivity contribution in [3.63, 3.8) is 0 Å². The van der Waals surface area contributed by atoms with E-state index < -0.39 is 0 Å². The number of hydrogen-bond donors (Lipinski definition) is 2. The number of halogens is 1. The molecule has 18 heavy (non-hydrogen) atoms. The fourth-order valence-corrected chi connectivity index (χ4v) is 1.66. The van der Waals surface area contributed by atoms with Crippen LogP contribution in [0.4, 0.5) is 15.9 Å². The monoisotopic (exact) mass is 262 g/mol. The molecule has 0 aliphatic carbocycles. The normalized spacial score (nSPS) is 10.1. The second-order valence-corrected chi connectivity index (χ2v) is 4.13. The molecular formula is C12H11FN4S. The Kier molecular flexibility index (Phi) is 3.47. The topological polar surface area (TPSA) is 63.8 Å². The molecule has 0 saturated heterocycles. The van der Waals surface area contributed by atoms with E-state index in [0.29, 0.717) is 22.6 Å². The molecule has 0 radical (unpaired) electrons. The third-order valence-corrected chi connectivity index (χ3v) is 2.73. The molecule has 0 bridgehead atoms. The summed E-state index contributed by atoms with van der Waals surface area (Å²) in [6.07, 6.45) is 1.50. The minimum absolute atomic E-state index is 0.210. The Hall–Kier alpha value is -2.08. The maximum atomic E-state index is 13.4. The molecule has 0 amide bonds. The van der Waals surface area contributed by atoms with Crippen LogP contribution in [0.15, 0.2) is 30.5 Å². The van der Waals surface area contributed by atoms with Gasteiger partial charge in [0.2, 0.25) is 0 Å². The fraction of sp³-hybridized carbons (Fsp3) is 0.0833. The van der Waals surface area contributed by atoms with Crippen LogP contribution >= 0.6 is 12.2 Å². The highest BCUT2D eigenvalue weighted by atomic mass is 32.1. The summed E-state index contributed by atoms with van der Waals surface area (Å²) >= 11 is 4.92. The van der Waals surface area contributed by atoms with E-state index in [-0.39, 0.29) is 10.8 Å². The maximum absolute atomic E-state index is 13.4. The Bertz CT molecular complexity index is 600. The van der Waals surface area contributed by atoms with Crippen molar-refractivity contribution in [3.05, 3.63) is 47.4 Å². The maximum Gasteiger partial charge on any atom is 0.163 e. The molecule has 92 valence electrons. The highest BCUT2D eigenvalue weighted by molar-refractivity contribution is 7.80. The summed E-state index contributed by atoms with van der Waals surface area (Å²) in [7, 11) is 0. The highest BCUT2D eigenvalue weighted by Crippen LogP contribution is 2.22. The van der Waals surface area contributed by atoms with E-state index in [9.17, 15) is 4.39 Å². The van der Waals surface area contributed by atoms with Gasteiger partial charge in [-0.1, -0.05) is 18.3 Å². The van der Waals surface area contributed by atoms with Gasteiger partial charge in [-0.25, -0.2) is 4.39 Å². The van der Waals surface area contributed by atoms with Crippen LogP contribution in [0.2, 0.25) is 0 Å². The van der Waals surface area contributed by atoms with Crippen LogP contribution < -0.4 is 11.1 Å². The first-order chi connectivity index (χ1) is 8.59. The number of nitrogens with two attached hydrogens (primary N) is 1. The molecule has 0 unspecified atom stereocenters. The molecule has 0 aliphatic heterocycles. The highest BCUT2D eigenvalue weighted by Gasteiger charge is 2.09. The number of thiocarbonyl (C=S) groups is 1. The van der Waals surface area contributed by atoms with Crippen molar-refractivity contribution in [2.75, 3.05) is 5.32 Å². The average molecular weight is 262 g/mol. The van der Waals surface area contributed by atoms with Gasteiger partial charge in [0.25, 0.3) is 0 Å². The third kappa shape index (κ3) is 2.43. The lowest BCUT2D eigenvalue weighted by Crippen LogP contribution is -2.13. The van der Waals surface area contributed by atoms with Crippen molar-refractivity contribution in [1.29, 1.82) is 0 Å². The summed E-state index contributed by atoms with van der Waals surface area (Å²) < 4.78 is 13.4. The Labute approximate surface area is 109 Å². The molecule has 1 aromatic carbocycles. The van der Waals surface area contributed by atoms with Crippen molar-refractivity contribution < 1.29 is 4.39 Å². The van der Waals surface area contributed by atoms with Gasteiger partial charge >= 0.3 is 0 Å². The molecule has 0 atom stereocenters. The van der Waals surface area contributed by atoms with Crippen molar-refractivity contribution in [2.45, 2.75) is 6.92 Å². The van der Waals surface area contributed by atoms with Gasteiger partial charge < -0.3 is 11.1 Å². The Morgan fingerprint density at radius 2 is 2.17 bits per heavy atom. The van der Waals surface area contributed by atoms with E-state index in [1.54, 1.807) is 25.1 Å². The van der Waals surface area contributed by atoms with Gasteiger partial charge in [-0.3, -0.25) is 0 Å². The number of rotatable bonds is 3. The van der Waals surface area contributed by atoms with Crippen LogP contribution in [-0.2, 0) is 0 Å². The van der Waals surface area contributed by atoms with Gasteiger partial charge in [-0.15, -0.1) is 5.10 Å². The van der Waals surface area contributed by atoms with Crippen molar-refractivity contribution in [1.82, 2.24) is 10.2 Å². The van der Waals surface area contributed by atoms with Gasteiger partial charge in [0, 0.05) is 11.3 Å². The molecule has 0 aliphatic rings. The largest absolute Gasteiger partial charge is 0.389 e. The SMILES string of the molecule is Cc1c(F)cccc1Nc1nnccc1C(N)=S. The van der Waals surface area contributed by atoms with Crippen LogP contribution in [0.5, 0.6) is 0 Å². The van der Waals surface area contributed by atoms with Crippen LogP contribution in [-0.4, -0.2) is 15.2 Å². The van der Waals surface area contributed by atoms with Gasteiger partial charge in [0.05, 0.1) is 11.8 Å². The number of hydrogen-bond acceptors (Lipinski definition) is 4. The predicted octanol–water partition coefficient (Wildman–Crippen LogP) is 2.30. The molecule has 3 N–H and O–H groups in total. The first-order valence-electron chi connectivity index (χ1n) is 5.23. The second kappa shape index (κ2) is 5.05.